The highest BCUT2D eigenvalue weighted by molar-refractivity contribution is 7.17. The zero-order valence-electron chi connectivity index (χ0n) is 15.3. The average molecular weight is 408 g/mol. The Balaban J connectivity index is 1.28. The van der Waals surface area contributed by atoms with Gasteiger partial charge in [0.2, 0.25) is 0 Å². The van der Waals surface area contributed by atoms with Crippen LogP contribution in [0.15, 0.2) is 48.5 Å². The van der Waals surface area contributed by atoms with Crippen molar-refractivity contribution in [3.8, 4) is 27.7 Å². The average Bonchev–Trinajstić information content (AvgIpc) is 3.22. The third-order valence-electron chi connectivity index (χ3n) is 4.72. The Morgan fingerprint density at radius 3 is 2.66 bits per heavy atom. The van der Waals surface area contributed by atoms with Crippen molar-refractivity contribution in [3.63, 3.8) is 0 Å². The molecule has 29 heavy (non-hydrogen) atoms. The molecule has 7 heteroatoms. The van der Waals surface area contributed by atoms with E-state index in [4.69, 9.17) is 18.9 Å². The molecule has 0 spiro atoms. The fourth-order valence-corrected chi connectivity index (χ4v) is 4.39. The third kappa shape index (κ3) is 3.34. The molecule has 0 saturated carbocycles. The summed E-state index contributed by atoms with van der Waals surface area (Å²) in [5.74, 6) is 1.11. The molecule has 6 nitrogen and oxygen atoms in total. The van der Waals surface area contributed by atoms with E-state index in [-0.39, 0.29) is 12.4 Å². The highest BCUT2D eigenvalue weighted by Gasteiger charge is 2.24. The highest BCUT2D eigenvalue weighted by atomic mass is 32.1. The Morgan fingerprint density at radius 1 is 0.931 bits per heavy atom. The van der Waals surface area contributed by atoms with Gasteiger partial charge in [0.25, 0.3) is 0 Å². The number of carbonyl (C=O) groups excluding carboxylic acids is 2. The quantitative estimate of drug-likeness (QED) is 0.478. The molecule has 0 amide bonds. The first-order chi connectivity index (χ1) is 14.2. The van der Waals surface area contributed by atoms with Gasteiger partial charge in [-0.2, -0.15) is 0 Å². The van der Waals surface area contributed by atoms with Crippen molar-refractivity contribution in [2.45, 2.75) is 6.61 Å². The minimum atomic E-state index is -0.521. The number of ether oxygens (including phenoxy) is 4. The Labute approximate surface area is 170 Å². The van der Waals surface area contributed by atoms with E-state index < -0.39 is 5.97 Å². The van der Waals surface area contributed by atoms with Crippen molar-refractivity contribution in [1.29, 1.82) is 0 Å². The van der Waals surface area contributed by atoms with Crippen molar-refractivity contribution in [1.82, 2.24) is 0 Å². The van der Waals surface area contributed by atoms with E-state index in [1.165, 1.54) is 11.3 Å². The number of esters is 1. The summed E-state index contributed by atoms with van der Waals surface area (Å²) in [4.78, 5) is 26.4. The van der Waals surface area contributed by atoms with E-state index in [1.807, 2.05) is 24.3 Å². The highest BCUT2D eigenvalue weighted by Crippen LogP contribution is 2.42. The Morgan fingerprint density at radius 2 is 1.76 bits per heavy atom. The molecule has 0 N–H and O–H groups in total. The fourth-order valence-electron chi connectivity index (χ4n) is 3.30. The molecule has 3 heterocycles. The van der Waals surface area contributed by atoms with Gasteiger partial charge in [0, 0.05) is 21.6 Å². The van der Waals surface area contributed by atoms with Crippen molar-refractivity contribution < 1.29 is 28.5 Å². The zero-order chi connectivity index (χ0) is 19.8. The number of hydrogen-bond acceptors (Lipinski definition) is 7. The van der Waals surface area contributed by atoms with Gasteiger partial charge in [-0.05, 0) is 36.4 Å². The van der Waals surface area contributed by atoms with Gasteiger partial charge in [0.05, 0.1) is 0 Å². The maximum absolute atomic E-state index is 12.5. The molecule has 2 aliphatic rings. The zero-order valence-corrected chi connectivity index (χ0v) is 16.1. The molecule has 2 aliphatic heterocycles. The monoisotopic (exact) mass is 408 g/mol. The summed E-state index contributed by atoms with van der Waals surface area (Å²) in [5, 5.41) is 0. The number of fused-ring (bicyclic) bond motifs is 4. The summed E-state index contributed by atoms with van der Waals surface area (Å²) >= 11 is 1.35. The van der Waals surface area contributed by atoms with Crippen LogP contribution in [0.3, 0.4) is 0 Å². The van der Waals surface area contributed by atoms with E-state index >= 15 is 0 Å². The summed E-state index contributed by atoms with van der Waals surface area (Å²) in [6.45, 7) is 0.994. The topological polar surface area (TPSA) is 71.1 Å². The van der Waals surface area contributed by atoms with Gasteiger partial charge in [-0.25, -0.2) is 4.79 Å². The molecular formula is C22H16O6S. The number of carbonyl (C=O) groups is 2. The SMILES string of the molecule is O=C(COC(=O)c1cc2c(s1)-c1ccccc1OC2)c1ccc2c(c1)OCCO2. The van der Waals surface area contributed by atoms with E-state index in [9.17, 15) is 9.59 Å². The van der Waals surface area contributed by atoms with Crippen molar-refractivity contribution in [3.05, 3.63) is 64.5 Å². The molecule has 0 unspecified atom stereocenters. The summed E-state index contributed by atoms with van der Waals surface area (Å²) in [7, 11) is 0. The van der Waals surface area contributed by atoms with Crippen LogP contribution < -0.4 is 14.2 Å². The minimum absolute atomic E-state index is 0.301. The van der Waals surface area contributed by atoms with E-state index in [1.54, 1.807) is 24.3 Å². The minimum Gasteiger partial charge on any atom is -0.488 e. The number of hydrogen-bond donors (Lipinski definition) is 0. The van der Waals surface area contributed by atoms with Gasteiger partial charge < -0.3 is 18.9 Å². The lowest BCUT2D eigenvalue weighted by atomic mass is 10.1. The molecule has 5 rings (SSSR count). The fraction of sp³-hybridized carbons (Fsp3) is 0.182. The van der Waals surface area contributed by atoms with Crippen LogP contribution in [-0.2, 0) is 11.3 Å². The maximum atomic E-state index is 12.5. The second-order valence-electron chi connectivity index (χ2n) is 6.61. The number of Topliss-reactive ketones (excluding diaryl/α,β-unsaturated/α-hetero) is 1. The molecule has 0 atom stereocenters. The number of rotatable bonds is 4. The lowest BCUT2D eigenvalue weighted by Crippen LogP contribution is -2.17. The standard InChI is InChI=1S/C22H16O6S/c23-16(13-5-6-18-19(9-13)26-8-7-25-18)12-28-22(24)20-10-14-11-27-17-4-2-1-3-15(17)21(14)29-20/h1-6,9-10H,7-8,11-12H2. The summed E-state index contributed by atoms with van der Waals surface area (Å²) in [6, 6.07) is 14.4. The summed E-state index contributed by atoms with van der Waals surface area (Å²) < 4.78 is 21.9. The molecule has 0 radical (unpaired) electrons. The van der Waals surface area contributed by atoms with Gasteiger partial charge in [0.15, 0.2) is 23.9 Å². The Kier molecular flexibility index (Phi) is 4.44. The van der Waals surface area contributed by atoms with Crippen LogP contribution in [0.25, 0.3) is 10.4 Å². The molecule has 2 aromatic carbocycles. The number of thiophene rings is 1. The van der Waals surface area contributed by atoms with Gasteiger partial charge in [-0.1, -0.05) is 12.1 Å². The lowest BCUT2D eigenvalue weighted by molar-refractivity contribution is 0.0479. The maximum Gasteiger partial charge on any atom is 0.348 e. The van der Waals surface area contributed by atoms with E-state index in [0.717, 1.165) is 21.8 Å². The van der Waals surface area contributed by atoms with Crippen LogP contribution in [0, 0.1) is 0 Å². The van der Waals surface area contributed by atoms with Crippen LogP contribution in [0.1, 0.15) is 25.6 Å². The largest absolute Gasteiger partial charge is 0.488 e. The van der Waals surface area contributed by atoms with Gasteiger partial charge in [-0.15, -0.1) is 11.3 Å². The molecule has 3 aromatic rings. The molecule has 146 valence electrons. The van der Waals surface area contributed by atoms with E-state index in [2.05, 4.69) is 0 Å². The van der Waals surface area contributed by atoms with Crippen LogP contribution in [0.4, 0.5) is 0 Å². The number of para-hydroxylation sites is 1. The molecule has 0 fully saturated rings. The molecule has 0 aliphatic carbocycles. The predicted molar refractivity (Wildman–Crippen MR) is 106 cm³/mol. The smallest absolute Gasteiger partial charge is 0.348 e. The van der Waals surface area contributed by atoms with Crippen LogP contribution in [0.5, 0.6) is 17.2 Å². The first-order valence-corrected chi connectivity index (χ1v) is 9.95. The van der Waals surface area contributed by atoms with Gasteiger partial charge in [0.1, 0.15) is 30.4 Å². The predicted octanol–water partition coefficient (Wildman–Crippen LogP) is 4.12. The van der Waals surface area contributed by atoms with Crippen LogP contribution in [0.2, 0.25) is 0 Å². The first-order valence-electron chi connectivity index (χ1n) is 9.14. The molecule has 0 bridgehead atoms. The second-order valence-corrected chi connectivity index (χ2v) is 7.66. The third-order valence-corrected chi connectivity index (χ3v) is 5.91. The van der Waals surface area contributed by atoms with Gasteiger partial charge in [-0.3, -0.25) is 4.79 Å². The Bertz CT molecular complexity index is 1120. The molecule has 0 saturated heterocycles. The number of ketones is 1. The first kappa shape index (κ1) is 17.8. The summed E-state index contributed by atoms with van der Waals surface area (Å²) in [5.41, 5.74) is 2.32. The van der Waals surface area contributed by atoms with Crippen molar-refractivity contribution >= 4 is 23.1 Å². The van der Waals surface area contributed by atoms with Crippen molar-refractivity contribution in [2.75, 3.05) is 19.8 Å². The number of benzene rings is 2. The second kappa shape index (κ2) is 7.25. The summed E-state index contributed by atoms with van der Waals surface area (Å²) in [6.07, 6.45) is 0. The molecule has 1 aromatic heterocycles. The van der Waals surface area contributed by atoms with Gasteiger partial charge >= 0.3 is 5.97 Å². The lowest BCUT2D eigenvalue weighted by Gasteiger charge is -2.18. The Hall–Kier alpha value is -3.32. The van der Waals surface area contributed by atoms with Crippen LogP contribution >= 0.6 is 11.3 Å². The van der Waals surface area contributed by atoms with E-state index in [0.29, 0.717) is 41.8 Å². The van der Waals surface area contributed by atoms with Crippen LogP contribution in [-0.4, -0.2) is 31.6 Å². The normalized spacial score (nSPS) is 13.7. The molecular weight excluding hydrogens is 392 g/mol. The van der Waals surface area contributed by atoms with Crippen molar-refractivity contribution in [2.24, 2.45) is 0 Å².